The van der Waals surface area contributed by atoms with Gasteiger partial charge in [-0.1, -0.05) is 18.6 Å². The average Bonchev–Trinajstić information content (AvgIpc) is 1.99. The van der Waals surface area contributed by atoms with E-state index in [4.69, 9.17) is 0 Å². The van der Waals surface area contributed by atoms with Crippen molar-refractivity contribution in [3.05, 3.63) is 11.6 Å². The third kappa shape index (κ3) is 3.28. The van der Waals surface area contributed by atoms with Gasteiger partial charge in [0.15, 0.2) is 0 Å². The summed E-state index contributed by atoms with van der Waals surface area (Å²) in [6, 6.07) is 0. The van der Waals surface area contributed by atoms with Crippen LogP contribution in [0.5, 0.6) is 0 Å². The molecule has 0 aliphatic carbocycles. The van der Waals surface area contributed by atoms with Crippen molar-refractivity contribution < 1.29 is 9.53 Å². The number of rotatable bonds is 3. The first-order valence-electron chi connectivity index (χ1n) is 3.45. The SMILES string of the molecule is C/C=C(\CC)CC(=O)OC. The second-order valence-corrected chi connectivity index (χ2v) is 2.05. The topological polar surface area (TPSA) is 26.3 Å². The van der Waals surface area contributed by atoms with Crippen molar-refractivity contribution in [3.8, 4) is 0 Å². The Morgan fingerprint density at radius 1 is 1.60 bits per heavy atom. The molecule has 0 aromatic heterocycles. The smallest absolute Gasteiger partial charge is 0.309 e. The highest BCUT2D eigenvalue weighted by molar-refractivity contribution is 5.72. The Hall–Kier alpha value is -0.790. The Morgan fingerprint density at radius 2 is 2.20 bits per heavy atom. The first-order chi connectivity index (χ1) is 4.74. The highest BCUT2D eigenvalue weighted by atomic mass is 16.5. The number of esters is 1. The highest BCUT2D eigenvalue weighted by Crippen LogP contribution is 2.05. The molecule has 0 unspecified atom stereocenters. The molecule has 0 atom stereocenters. The van der Waals surface area contributed by atoms with Gasteiger partial charge in [-0.3, -0.25) is 4.79 Å². The molecule has 0 heterocycles. The molecular weight excluding hydrogens is 128 g/mol. The van der Waals surface area contributed by atoms with Crippen LogP contribution < -0.4 is 0 Å². The number of carbonyl (C=O) groups is 1. The molecule has 0 saturated heterocycles. The van der Waals surface area contributed by atoms with E-state index >= 15 is 0 Å². The minimum atomic E-state index is -0.157. The lowest BCUT2D eigenvalue weighted by Gasteiger charge is -2.00. The van der Waals surface area contributed by atoms with E-state index in [-0.39, 0.29) is 5.97 Å². The zero-order chi connectivity index (χ0) is 7.98. The van der Waals surface area contributed by atoms with E-state index in [1.165, 1.54) is 7.11 Å². The van der Waals surface area contributed by atoms with Crippen molar-refractivity contribution in [3.63, 3.8) is 0 Å². The van der Waals surface area contributed by atoms with Gasteiger partial charge in [0.05, 0.1) is 13.5 Å². The fourth-order valence-corrected chi connectivity index (χ4v) is 0.689. The van der Waals surface area contributed by atoms with Crippen LogP contribution in [-0.2, 0) is 9.53 Å². The van der Waals surface area contributed by atoms with Crippen LogP contribution in [0.2, 0.25) is 0 Å². The molecule has 2 heteroatoms. The quantitative estimate of drug-likeness (QED) is 0.444. The Kier molecular flexibility index (Phi) is 4.63. The summed E-state index contributed by atoms with van der Waals surface area (Å²) in [4.78, 5) is 10.7. The van der Waals surface area contributed by atoms with Crippen molar-refractivity contribution in [1.29, 1.82) is 0 Å². The molecule has 0 N–H and O–H groups in total. The Balaban J connectivity index is 3.76. The molecule has 0 amide bonds. The second-order valence-electron chi connectivity index (χ2n) is 2.05. The molecule has 0 aliphatic heterocycles. The lowest BCUT2D eigenvalue weighted by Crippen LogP contribution is -2.00. The van der Waals surface area contributed by atoms with Gasteiger partial charge < -0.3 is 4.74 Å². The van der Waals surface area contributed by atoms with Crippen LogP contribution in [0.1, 0.15) is 26.7 Å². The van der Waals surface area contributed by atoms with E-state index in [1.807, 2.05) is 19.9 Å². The van der Waals surface area contributed by atoms with Gasteiger partial charge >= 0.3 is 5.97 Å². The Morgan fingerprint density at radius 3 is 2.50 bits per heavy atom. The molecule has 58 valence electrons. The van der Waals surface area contributed by atoms with Gasteiger partial charge in [0.2, 0.25) is 0 Å². The van der Waals surface area contributed by atoms with E-state index in [9.17, 15) is 4.79 Å². The minimum absolute atomic E-state index is 0.157. The van der Waals surface area contributed by atoms with E-state index in [1.54, 1.807) is 0 Å². The lowest BCUT2D eigenvalue weighted by molar-refractivity contribution is -0.139. The summed E-state index contributed by atoms with van der Waals surface area (Å²) in [5.41, 5.74) is 1.13. The number of ether oxygens (including phenoxy) is 1. The lowest BCUT2D eigenvalue weighted by atomic mass is 10.1. The molecule has 0 spiro atoms. The summed E-state index contributed by atoms with van der Waals surface area (Å²) in [5, 5.41) is 0. The normalized spacial score (nSPS) is 11.3. The van der Waals surface area contributed by atoms with Crippen molar-refractivity contribution in [2.75, 3.05) is 7.11 Å². The van der Waals surface area contributed by atoms with Gasteiger partial charge in [0.25, 0.3) is 0 Å². The summed E-state index contributed by atoms with van der Waals surface area (Å²) in [5.74, 6) is -0.157. The summed E-state index contributed by atoms with van der Waals surface area (Å²) in [6.07, 6.45) is 3.31. The van der Waals surface area contributed by atoms with Crippen molar-refractivity contribution >= 4 is 5.97 Å². The number of hydrogen-bond donors (Lipinski definition) is 0. The number of carbonyl (C=O) groups excluding carboxylic acids is 1. The fraction of sp³-hybridized carbons (Fsp3) is 0.625. The molecule has 0 aromatic carbocycles. The maximum atomic E-state index is 10.7. The van der Waals surface area contributed by atoms with Crippen LogP contribution in [0.25, 0.3) is 0 Å². The minimum Gasteiger partial charge on any atom is -0.469 e. The zero-order valence-corrected chi connectivity index (χ0v) is 6.81. The van der Waals surface area contributed by atoms with Crippen LogP contribution in [0.3, 0.4) is 0 Å². The average molecular weight is 142 g/mol. The molecule has 0 aromatic rings. The fourth-order valence-electron chi connectivity index (χ4n) is 0.689. The summed E-state index contributed by atoms with van der Waals surface area (Å²) in [7, 11) is 1.41. The number of allylic oxidation sites excluding steroid dienone is 1. The molecule has 0 bridgehead atoms. The van der Waals surface area contributed by atoms with Gasteiger partial charge in [0.1, 0.15) is 0 Å². The first-order valence-corrected chi connectivity index (χ1v) is 3.45. The highest BCUT2D eigenvalue weighted by Gasteiger charge is 2.01. The first kappa shape index (κ1) is 9.21. The van der Waals surface area contributed by atoms with E-state index in [2.05, 4.69) is 4.74 Å². The molecule has 0 fully saturated rings. The van der Waals surface area contributed by atoms with Crippen molar-refractivity contribution in [2.24, 2.45) is 0 Å². The maximum absolute atomic E-state index is 10.7. The Bertz CT molecular complexity index is 136. The largest absolute Gasteiger partial charge is 0.469 e. The zero-order valence-electron chi connectivity index (χ0n) is 6.81. The Labute approximate surface area is 61.9 Å². The van der Waals surface area contributed by atoms with Crippen LogP contribution in [0.15, 0.2) is 11.6 Å². The molecule has 10 heavy (non-hydrogen) atoms. The molecule has 0 rings (SSSR count). The second kappa shape index (κ2) is 5.03. The standard InChI is InChI=1S/C8H14O2/c1-4-7(5-2)6-8(9)10-3/h4H,5-6H2,1-3H3/b7-4+. The molecule has 0 aliphatic rings. The van der Waals surface area contributed by atoms with Crippen LogP contribution in [-0.4, -0.2) is 13.1 Å². The van der Waals surface area contributed by atoms with Gasteiger partial charge in [0, 0.05) is 0 Å². The van der Waals surface area contributed by atoms with Gasteiger partial charge in [-0.15, -0.1) is 0 Å². The van der Waals surface area contributed by atoms with Gasteiger partial charge in [-0.05, 0) is 13.3 Å². The van der Waals surface area contributed by atoms with Crippen LogP contribution in [0.4, 0.5) is 0 Å². The van der Waals surface area contributed by atoms with Gasteiger partial charge in [-0.25, -0.2) is 0 Å². The monoisotopic (exact) mass is 142 g/mol. The van der Waals surface area contributed by atoms with Crippen molar-refractivity contribution in [1.82, 2.24) is 0 Å². The summed E-state index contributed by atoms with van der Waals surface area (Å²) in [6.45, 7) is 3.96. The van der Waals surface area contributed by atoms with Gasteiger partial charge in [-0.2, -0.15) is 0 Å². The van der Waals surface area contributed by atoms with E-state index in [0.717, 1.165) is 12.0 Å². The third-order valence-corrected chi connectivity index (χ3v) is 1.46. The molecule has 0 radical (unpaired) electrons. The summed E-state index contributed by atoms with van der Waals surface area (Å²) < 4.78 is 4.50. The number of hydrogen-bond acceptors (Lipinski definition) is 2. The predicted molar refractivity (Wildman–Crippen MR) is 40.7 cm³/mol. The predicted octanol–water partition coefficient (Wildman–Crippen LogP) is 1.91. The molecule has 0 saturated carbocycles. The van der Waals surface area contributed by atoms with E-state index < -0.39 is 0 Å². The van der Waals surface area contributed by atoms with Crippen molar-refractivity contribution in [2.45, 2.75) is 26.7 Å². The third-order valence-electron chi connectivity index (χ3n) is 1.46. The molecular formula is C8H14O2. The maximum Gasteiger partial charge on any atom is 0.309 e. The van der Waals surface area contributed by atoms with Crippen LogP contribution in [0, 0.1) is 0 Å². The molecule has 2 nitrogen and oxygen atoms in total. The van der Waals surface area contributed by atoms with E-state index in [0.29, 0.717) is 6.42 Å². The number of methoxy groups -OCH3 is 1. The summed E-state index contributed by atoms with van der Waals surface area (Å²) >= 11 is 0. The van der Waals surface area contributed by atoms with Crippen LogP contribution >= 0.6 is 0 Å².